The predicted molar refractivity (Wildman–Crippen MR) is 76.3 cm³/mol. The second-order valence-electron chi connectivity index (χ2n) is 5.82. The molecule has 1 saturated carbocycles. The highest BCUT2D eigenvalue weighted by atomic mass is 32.2. The van der Waals surface area contributed by atoms with Crippen LogP contribution >= 0.6 is 11.8 Å². The summed E-state index contributed by atoms with van der Waals surface area (Å²) in [5.74, 6) is 1.00. The van der Waals surface area contributed by atoms with Crippen LogP contribution in [0.5, 0.6) is 0 Å². The molecule has 0 aromatic heterocycles. The molecule has 0 radical (unpaired) electrons. The molecule has 1 aliphatic rings. The molecular weight excluding hydrogens is 214 g/mol. The van der Waals surface area contributed by atoms with Gasteiger partial charge in [-0.3, -0.25) is 0 Å². The van der Waals surface area contributed by atoms with Crippen molar-refractivity contribution < 1.29 is 0 Å². The van der Waals surface area contributed by atoms with Gasteiger partial charge in [0.15, 0.2) is 0 Å². The van der Waals surface area contributed by atoms with Crippen molar-refractivity contribution in [3.8, 4) is 0 Å². The minimum absolute atomic E-state index is 0.385. The van der Waals surface area contributed by atoms with Crippen LogP contribution in [0.1, 0.15) is 59.3 Å². The van der Waals surface area contributed by atoms with Crippen LogP contribution in [0.15, 0.2) is 0 Å². The van der Waals surface area contributed by atoms with Crippen molar-refractivity contribution >= 4 is 11.8 Å². The molecule has 0 saturated heterocycles. The first kappa shape index (κ1) is 14.4. The van der Waals surface area contributed by atoms with E-state index in [1.54, 1.807) is 0 Å². The molecule has 0 aliphatic heterocycles. The largest absolute Gasteiger partial charge is 0.313 e. The molecule has 2 atom stereocenters. The summed E-state index contributed by atoms with van der Waals surface area (Å²) in [6.07, 6.45) is 10.7. The van der Waals surface area contributed by atoms with E-state index in [-0.39, 0.29) is 0 Å². The molecule has 1 nitrogen and oxygen atoms in total. The highest BCUT2D eigenvalue weighted by Gasteiger charge is 2.21. The normalized spacial score (nSPS) is 27.8. The Morgan fingerprint density at radius 1 is 1.19 bits per heavy atom. The number of rotatable bonds is 5. The van der Waals surface area contributed by atoms with Gasteiger partial charge in [0.1, 0.15) is 0 Å². The first-order valence-electron chi connectivity index (χ1n) is 6.86. The Morgan fingerprint density at radius 3 is 2.56 bits per heavy atom. The molecule has 0 heterocycles. The third kappa shape index (κ3) is 5.09. The average molecular weight is 243 g/mol. The molecule has 0 spiro atoms. The van der Waals surface area contributed by atoms with E-state index >= 15 is 0 Å². The van der Waals surface area contributed by atoms with E-state index in [1.807, 2.05) is 11.8 Å². The Balaban J connectivity index is 2.27. The van der Waals surface area contributed by atoms with Crippen molar-refractivity contribution in [3.63, 3.8) is 0 Å². The standard InChI is InChI=1S/C14H29NS/c1-5-12-7-6-8-13(10-9-12)15-11-14(2,3)16-4/h12-13,15H,5-11H2,1-4H3. The van der Waals surface area contributed by atoms with Gasteiger partial charge >= 0.3 is 0 Å². The molecule has 96 valence electrons. The summed E-state index contributed by atoms with van der Waals surface area (Å²) in [7, 11) is 0. The van der Waals surface area contributed by atoms with E-state index in [0.717, 1.165) is 18.5 Å². The van der Waals surface area contributed by atoms with Crippen molar-refractivity contribution in [2.24, 2.45) is 5.92 Å². The Labute approximate surface area is 106 Å². The number of nitrogens with one attached hydrogen (secondary N) is 1. The Kier molecular flexibility index (Phi) is 6.20. The van der Waals surface area contributed by atoms with Crippen LogP contribution in [0.25, 0.3) is 0 Å². The zero-order valence-electron chi connectivity index (χ0n) is 11.5. The maximum absolute atomic E-state index is 3.78. The van der Waals surface area contributed by atoms with Crippen molar-refractivity contribution in [2.75, 3.05) is 12.8 Å². The van der Waals surface area contributed by atoms with Crippen LogP contribution in [0.2, 0.25) is 0 Å². The van der Waals surface area contributed by atoms with Crippen LogP contribution in [-0.2, 0) is 0 Å². The first-order chi connectivity index (χ1) is 7.57. The van der Waals surface area contributed by atoms with Gasteiger partial charge in [-0.05, 0) is 45.3 Å². The first-order valence-corrected chi connectivity index (χ1v) is 8.08. The van der Waals surface area contributed by atoms with Gasteiger partial charge in [-0.1, -0.05) is 26.2 Å². The maximum Gasteiger partial charge on any atom is 0.0225 e. The van der Waals surface area contributed by atoms with E-state index in [2.05, 4.69) is 32.3 Å². The molecule has 2 unspecified atom stereocenters. The molecule has 16 heavy (non-hydrogen) atoms. The smallest absolute Gasteiger partial charge is 0.0225 e. The van der Waals surface area contributed by atoms with E-state index < -0.39 is 0 Å². The summed E-state index contributed by atoms with van der Waals surface area (Å²) >= 11 is 1.96. The number of hydrogen-bond donors (Lipinski definition) is 1. The monoisotopic (exact) mass is 243 g/mol. The quantitative estimate of drug-likeness (QED) is 0.730. The molecule has 0 amide bonds. The second kappa shape index (κ2) is 6.90. The van der Waals surface area contributed by atoms with Crippen LogP contribution in [-0.4, -0.2) is 23.6 Å². The van der Waals surface area contributed by atoms with Gasteiger partial charge in [-0.15, -0.1) is 0 Å². The third-order valence-corrected chi connectivity index (χ3v) is 5.28. The zero-order valence-corrected chi connectivity index (χ0v) is 12.3. The molecule has 0 aromatic carbocycles. The lowest BCUT2D eigenvalue weighted by Gasteiger charge is -2.26. The van der Waals surface area contributed by atoms with Crippen molar-refractivity contribution in [3.05, 3.63) is 0 Å². The summed E-state index contributed by atoms with van der Waals surface area (Å²) in [6, 6.07) is 0.781. The lowest BCUT2D eigenvalue weighted by Crippen LogP contribution is -2.38. The third-order valence-electron chi connectivity index (χ3n) is 4.03. The van der Waals surface area contributed by atoms with Gasteiger partial charge in [-0.2, -0.15) is 11.8 Å². The maximum atomic E-state index is 3.78. The highest BCUT2D eigenvalue weighted by Crippen LogP contribution is 2.26. The van der Waals surface area contributed by atoms with Crippen molar-refractivity contribution in [2.45, 2.75) is 70.1 Å². The fourth-order valence-corrected chi connectivity index (χ4v) is 2.68. The summed E-state index contributed by atoms with van der Waals surface area (Å²) < 4.78 is 0.385. The topological polar surface area (TPSA) is 12.0 Å². The fourth-order valence-electron chi connectivity index (χ4n) is 2.45. The lowest BCUT2D eigenvalue weighted by molar-refractivity contribution is 0.417. The van der Waals surface area contributed by atoms with Gasteiger partial charge in [-0.25, -0.2) is 0 Å². The van der Waals surface area contributed by atoms with E-state index in [1.165, 1.54) is 38.5 Å². The van der Waals surface area contributed by atoms with Gasteiger partial charge in [0.05, 0.1) is 0 Å². The Hall–Kier alpha value is 0.310. The van der Waals surface area contributed by atoms with Crippen molar-refractivity contribution in [1.82, 2.24) is 5.32 Å². The van der Waals surface area contributed by atoms with E-state index in [9.17, 15) is 0 Å². The molecule has 1 aliphatic carbocycles. The highest BCUT2D eigenvalue weighted by molar-refractivity contribution is 7.99. The Morgan fingerprint density at radius 2 is 1.94 bits per heavy atom. The zero-order chi connectivity index (χ0) is 12.0. The molecular formula is C14H29NS. The SMILES string of the molecule is CCC1CCCC(NCC(C)(C)SC)CC1. The average Bonchev–Trinajstić information content (AvgIpc) is 2.51. The molecule has 1 fully saturated rings. The van der Waals surface area contributed by atoms with Crippen LogP contribution in [0.4, 0.5) is 0 Å². The van der Waals surface area contributed by atoms with Gasteiger partial charge < -0.3 is 5.32 Å². The van der Waals surface area contributed by atoms with Crippen LogP contribution < -0.4 is 5.32 Å². The van der Waals surface area contributed by atoms with Gasteiger partial charge in [0, 0.05) is 17.3 Å². The van der Waals surface area contributed by atoms with Crippen LogP contribution in [0, 0.1) is 5.92 Å². The van der Waals surface area contributed by atoms with Crippen molar-refractivity contribution in [1.29, 1.82) is 0 Å². The van der Waals surface area contributed by atoms with E-state index in [4.69, 9.17) is 0 Å². The van der Waals surface area contributed by atoms with Gasteiger partial charge in [0.2, 0.25) is 0 Å². The molecule has 0 bridgehead atoms. The molecule has 2 heteroatoms. The number of hydrogen-bond acceptors (Lipinski definition) is 2. The summed E-state index contributed by atoms with van der Waals surface area (Å²) in [6.45, 7) is 8.15. The Bertz CT molecular complexity index is 191. The summed E-state index contributed by atoms with van der Waals surface area (Å²) in [5.41, 5.74) is 0. The van der Waals surface area contributed by atoms with Crippen LogP contribution in [0.3, 0.4) is 0 Å². The second-order valence-corrected chi connectivity index (χ2v) is 7.34. The minimum Gasteiger partial charge on any atom is -0.313 e. The number of thioether (sulfide) groups is 1. The lowest BCUT2D eigenvalue weighted by atomic mass is 9.98. The predicted octanol–water partition coefficient (Wildman–Crippen LogP) is 4.08. The van der Waals surface area contributed by atoms with Gasteiger partial charge in [0.25, 0.3) is 0 Å². The van der Waals surface area contributed by atoms with E-state index in [0.29, 0.717) is 4.75 Å². The molecule has 1 N–H and O–H groups in total. The summed E-state index contributed by atoms with van der Waals surface area (Å²) in [4.78, 5) is 0. The minimum atomic E-state index is 0.385. The molecule has 1 rings (SSSR count). The summed E-state index contributed by atoms with van der Waals surface area (Å²) in [5, 5.41) is 3.78. The molecule has 0 aromatic rings. The fraction of sp³-hybridized carbons (Fsp3) is 1.00.